The molecule has 0 aliphatic carbocycles. The maximum absolute atomic E-state index is 11.5. The van der Waals surface area contributed by atoms with Crippen LogP contribution in [0.4, 0.5) is 9.93 Å². The van der Waals surface area contributed by atoms with E-state index in [4.69, 9.17) is 10.8 Å². The van der Waals surface area contributed by atoms with Crippen molar-refractivity contribution in [2.24, 2.45) is 5.73 Å². The van der Waals surface area contributed by atoms with Gasteiger partial charge in [-0.25, -0.2) is 14.6 Å². The molecule has 0 aromatic carbocycles. The van der Waals surface area contributed by atoms with E-state index in [9.17, 15) is 14.4 Å². The van der Waals surface area contributed by atoms with Gasteiger partial charge in [-0.3, -0.25) is 10.1 Å². The number of anilines is 1. The third kappa shape index (κ3) is 5.34. The van der Waals surface area contributed by atoms with Crippen molar-refractivity contribution in [3.63, 3.8) is 0 Å². The summed E-state index contributed by atoms with van der Waals surface area (Å²) < 4.78 is 0. The van der Waals surface area contributed by atoms with E-state index in [0.717, 1.165) is 4.88 Å². The van der Waals surface area contributed by atoms with Crippen LogP contribution in [0.5, 0.6) is 0 Å². The smallest absolute Gasteiger partial charge is 0.326 e. The Kier molecular flexibility index (Phi) is 5.24. The highest BCUT2D eigenvalue weighted by molar-refractivity contribution is 7.15. The Morgan fingerprint density at radius 2 is 2.21 bits per heavy atom. The lowest BCUT2D eigenvalue weighted by Crippen LogP contribution is -2.43. The third-order valence-electron chi connectivity index (χ3n) is 2.12. The zero-order valence-electron chi connectivity index (χ0n) is 10.2. The molecule has 1 atom stereocenters. The highest BCUT2D eigenvalue weighted by Crippen LogP contribution is 2.16. The molecule has 0 fully saturated rings. The summed E-state index contributed by atoms with van der Waals surface area (Å²) in [5, 5.41) is 13.9. The maximum atomic E-state index is 11.5. The Hall–Kier alpha value is -2.16. The van der Waals surface area contributed by atoms with Crippen molar-refractivity contribution in [1.29, 1.82) is 0 Å². The maximum Gasteiger partial charge on any atom is 0.326 e. The largest absolute Gasteiger partial charge is 0.480 e. The molecule has 19 heavy (non-hydrogen) atoms. The van der Waals surface area contributed by atoms with Crippen LogP contribution in [0.25, 0.3) is 0 Å². The second-order valence-electron chi connectivity index (χ2n) is 3.77. The topological polar surface area (TPSA) is 134 Å². The number of nitrogens with two attached hydrogens (primary N) is 1. The van der Waals surface area contributed by atoms with Crippen LogP contribution in [0.1, 0.15) is 17.7 Å². The number of primary amides is 1. The van der Waals surface area contributed by atoms with Crippen LogP contribution in [-0.4, -0.2) is 34.0 Å². The molecule has 1 heterocycles. The molecule has 0 spiro atoms. The molecule has 3 amide bonds. The van der Waals surface area contributed by atoms with Crippen molar-refractivity contribution >= 4 is 34.4 Å². The van der Waals surface area contributed by atoms with Crippen LogP contribution in [0, 0.1) is 6.92 Å². The summed E-state index contributed by atoms with van der Waals surface area (Å²) in [4.78, 5) is 37.9. The summed E-state index contributed by atoms with van der Waals surface area (Å²) in [6.07, 6.45) is 1.41. The fraction of sp³-hybridized carbons (Fsp3) is 0.400. The minimum Gasteiger partial charge on any atom is -0.480 e. The number of rotatable bonds is 6. The summed E-state index contributed by atoms with van der Waals surface area (Å²) in [6, 6.07) is -1.86. The number of aromatic nitrogens is 1. The van der Waals surface area contributed by atoms with Crippen LogP contribution in [0.15, 0.2) is 6.20 Å². The van der Waals surface area contributed by atoms with E-state index in [-0.39, 0.29) is 12.8 Å². The van der Waals surface area contributed by atoms with Crippen LogP contribution in [-0.2, 0) is 9.59 Å². The second kappa shape index (κ2) is 6.69. The first-order valence-corrected chi connectivity index (χ1v) is 6.21. The van der Waals surface area contributed by atoms with Gasteiger partial charge in [0.15, 0.2) is 5.13 Å². The molecular weight excluding hydrogens is 272 g/mol. The first-order chi connectivity index (χ1) is 8.88. The first-order valence-electron chi connectivity index (χ1n) is 5.39. The SMILES string of the molecule is Cc1cnc(NC(=O)N[C@H](CCC(N)=O)C(=O)O)s1. The molecule has 5 N–H and O–H groups in total. The molecule has 1 rings (SSSR count). The molecule has 8 nitrogen and oxygen atoms in total. The van der Waals surface area contributed by atoms with E-state index in [1.165, 1.54) is 11.3 Å². The van der Waals surface area contributed by atoms with Gasteiger partial charge in [0.25, 0.3) is 0 Å². The predicted molar refractivity (Wildman–Crippen MR) is 68.9 cm³/mol. The lowest BCUT2D eigenvalue weighted by molar-refractivity contribution is -0.139. The van der Waals surface area contributed by atoms with Gasteiger partial charge in [0.1, 0.15) is 6.04 Å². The number of carbonyl (C=O) groups is 3. The van der Waals surface area contributed by atoms with Crippen molar-refractivity contribution in [1.82, 2.24) is 10.3 Å². The average molecular weight is 286 g/mol. The minimum atomic E-state index is -1.23. The highest BCUT2D eigenvalue weighted by Gasteiger charge is 2.20. The number of carbonyl (C=O) groups excluding carboxylic acids is 2. The lowest BCUT2D eigenvalue weighted by Gasteiger charge is -2.13. The predicted octanol–water partition coefficient (Wildman–Crippen LogP) is 0.292. The van der Waals surface area contributed by atoms with Gasteiger partial charge in [-0.15, -0.1) is 11.3 Å². The molecule has 0 saturated heterocycles. The van der Waals surface area contributed by atoms with Gasteiger partial charge in [0, 0.05) is 17.5 Å². The van der Waals surface area contributed by atoms with Crippen molar-refractivity contribution in [2.75, 3.05) is 5.32 Å². The number of hydrogen-bond donors (Lipinski definition) is 4. The number of aliphatic carboxylic acids is 1. The summed E-state index contributed by atoms with van der Waals surface area (Å²) >= 11 is 1.27. The van der Waals surface area contributed by atoms with Gasteiger partial charge in [0.2, 0.25) is 5.91 Å². The second-order valence-corrected chi connectivity index (χ2v) is 5.01. The fourth-order valence-corrected chi connectivity index (χ4v) is 1.91. The molecule has 0 bridgehead atoms. The summed E-state index contributed by atoms with van der Waals surface area (Å²) in [7, 11) is 0. The van der Waals surface area contributed by atoms with Gasteiger partial charge in [-0.2, -0.15) is 0 Å². The van der Waals surface area contributed by atoms with E-state index in [1.807, 2.05) is 6.92 Å². The van der Waals surface area contributed by atoms with Gasteiger partial charge >= 0.3 is 12.0 Å². The Balaban J connectivity index is 2.51. The lowest BCUT2D eigenvalue weighted by atomic mass is 10.1. The summed E-state index contributed by atoms with van der Waals surface area (Å²) in [5.41, 5.74) is 4.93. The Morgan fingerprint density at radius 3 is 2.68 bits per heavy atom. The molecule has 0 aliphatic rings. The number of aryl methyl sites for hydroxylation is 1. The number of nitrogens with zero attached hydrogens (tertiary/aromatic N) is 1. The average Bonchev–Trinajstić information content (AvgIpc) is 2.69. The van der Waals surface area contributed by atoms with E-state index >= 15 is 0 Å². The molecule has 0 radical (unpaired) electrons. The molecule has 0 unspecified atom stereocenters. The quantitative estimate of drug-likeness (QED) is 0.596. The van der Waals surface area contributed by atoms with Crippen LogP contribution >= 0.6 is 11.3 Å². The molecule has 0 saturated carbocycles. The highest BCUT2D eigenvalue weighted by atomic mass is 32.1. The molecular formula is C10H14N4O4S. The van der Waals surface area contributed by atoms with Crippen molar-refractivity contribution in [2.45, 2.75) is 25.8 Å². The van der Waals surface area contributed by atoms with E-state index in [1.54, 1.807) is 6.20 Å². The summed E-state index contributed by atoms with van der Waals surface area (Å²) in [6.45, 7) is 1.83. The number of thiazole rings is 1. The van der Waals surface area contributed by atoms with Crippen molar-refractivity contribution in [3.8, 4) is 0 Å². The number of urea groups is 1. The van der Waals surface area contributed by atoms with E-state index < -0.39 is 23.9 Å². The monoisotopic (exact) mass is 286 g/mol. The van der Waals surface area contributed by atoms with Crippen molar-refractivity contribution in [3.05, 3.63) is 11.1 Å². The molecule has 104 valence electrons. The van der Waals surface area contributed by atoms with Gasteiger partial charge in [0.05, 0.1) is 0 Å². The summed E-state index contributed by atoms with van der Waals surface area (Å²) in [5.74, 6) is -1.85. The van der Waals surface area contributed by atoms with Gasteiger partial charge < -0.3 is 16.2 Å². The molecule has 0 aliphatic heterocycles. The van der Waals surface area contributed by atoms with E-state index in [2.05, 4.69) is 15.6 Å². The van der Waals surface area contributed by atoms with Crippen LogP contribution < -0.4 is 16.4 Å². The molecule has 1 aromatic heterocycles. The van der Waals surface area contributed by atoms with E-state index in [0.29, 0.717) is 5.13 Å². The number of carboxylic acid groups (broad SMARTS) is 1. The van der Waals surface area contributed by atoms with Crippen LogP contribution in [0.2, 0.25) is 0 Å². The zero-order valence-corrected chi connectivity index (χ0v) is 11.0. The number of carboxylic acids is 1. The van der Waals surface area contributed by atoms with Crippen molar-refractivity contribution < 1.29 is 19.5 Å². The van der Waals surface area contributed by atoms with Crippen LogP contribution in [0.3, 0.4) is 0 Å². The van der Waals surface area contributed by atoms with Gasteiger partial charge in [-0.1, -0.05) is 0 Å². The minimum absolute atomic E-state index is 0.0605. The Bertz CT molecular complexity index is 488. The molecule has 9 heteroatoms. The first kappa shape index (κ1) is 14.9. The zero-order chi connectivity index (χ0) is 14.4. The Morgan fingerprint density at radius 1 is 1.53 bits per heavy atom. The number of nitrogens with one attached hydrogen (secondary N) is 2. The number of amides is 3. The fourth-order valence-electron chi connectivity index (χ4n) is 1.25. The standard InChI is InChI=1S/C10H14N4O4S/c1-5-4-12-10(19-5)14-9(18)13-6(8(16)17)2-3-7(11)15/h4,6H,2-3H2,1H3,(H2,11,15)(H,16,17)(H2,12,13,14,18)/t6-/m1/s1. The Labute approximate surface area is 113 Å². The normalized spacial score (nSPS) is 11.6. The van der Waals surface area contributed by atoms with Gasteiger partial charge in [-0.05, 0) is 13.3 Å². The molecule has 1 aromatic rings. The third-order valence-corrected chi connectivity index (χ3v) is 2.95. The number of hydrogen-bond acceptors (Lipinski definition) is 5.